The Labute approximate surface area is 128 Å². The van der Waals surface area contributed by atoms with Crippen LogP contribution in [-0.4, -0.2) is 24.9 Å². The van der Waals surface area contributed by atoms with Crippen LogP contribution in [0.3, 0.4) is 0 Å². The van der Waals surface area contributed by atoms with Gasteiger partial charge in [-0.2, -0.15) is 0 Å². The van der Waals surface area contributed by atoms with Gasteiger partial charge in [0.2, 0.25) is 0 Å². The van der Waals surface area contributed by atoms with Crippen molar-refractivity contribution in [1.82, 2.24) is 10.3 Å². The third kappa shape index (κ3) is 2.63. The Morgan fingerprint density at radius 3 is 2.86 bits per heavy atom. The van der Waals surface area contributed by atoms with Gasteiger partial charge in [0.25, 0.3) is 0 Å². The SMILES string of the molecule is CCc1cccc2c1[nH]c1cc(NC(=O)NCOC)ccc12. The van der Waals surface area contributed by atoms with Crippen LogP contribution in [0.1, 0.15) is 12.5 Å². The zero-order chi connectivity index (χ0) is 15.5. The quantitative estimate of drug-likeness (QED) is 0.644. The highest BCUT2D eigenvalue weighted by Gasteiger charge is 2.08. The first-order valence-electron chi connectivity index (χ1n) is 7.30. The van der Waals surface area contributed by atoms with E-state index in [-0.39, 0.29) is 12.8 Å². The Kier molecular flexibility index (Phi) is 3.98. The molecule has 0 atom stereocenters. The smallest absolute Gasteiger partial charge is 0.321 e. The molecule has 0 aliphatic carbocycles. The Hall–Kier alpha value is -2.53. The number of rotatable bonds is 4. The van der Waals surface area contributed by atoms with Gasteiger partial charge < -0.3 is 20.4 Å². The number of aromatic amines is 1. The summed E-state index contributed by atoms with van der Waals surface area (Å²) in [4.78, 5) is 15.1. The molecule has 1 heterocycles. The fraction of sp³-hybridized carbons (Fsp3) is 0.235. The van der Waals surface area contributed by atoms with Crippen LogP contribution >= 0.6 is 0 Å². The number of urea groups is 1. The van der Waals surface area contributed by atoms with Gasteiger partial charge in [0.05, 0.1) is 0 Å². The number of nitrogens with one attached hydrogen (secondary N) is 3. The third-order valence-electron chi connectivity index (χ3n) is 3.74. The summed E-state index contributed by atoms with van der Waals surface area (Å²) < 4.78 is 4.81. The maximum absolute atomic E-state index is 11.7. The van der Waals surface area contributed by atoms with Gasteiger partial charge in [-0.05, 0) is 24.1 Å². The van der Waals surface area contributed by atoms with E-state index >= 15 is 0 Å². The molecule has 3 N–H and O–H groups in total. The number of para-hydroxylation sites is 1. The fourth-order valence-electron chi connectivity index (χ4n) is 2.67. The first kappa shape index (κ1) is 14.4. The van der Waals surface area contributed by atoms with Crippen LogP contribution < -0.4 is 10.6 Å². The predicted octanol–water partition coefficient (Wildman–Crippen LogP) is 3.61. The summed E-state index contributed by atoms with van der Waals surface area (Å²) in [5, 5.41) is 7.76. The van der Waals surface area contributed by atoms with Crippen LogP contribution in [0.15, 0.2) is 36.4 Å². The van der Waals surface area contributed by atoms with Crippen molar-refractivity contribution in [3.05, 3.63) is 42.0 Å². The van der Waals surface area contributed by atoms with Gasteiger partial charge in [-0.1, -0.05) is 31.2 Å². The molecule has 0 unspecified atom stereocenters. The van der Waals surface area contributed by atoms with Crippen molar-refractivity contribution in [3.63, 3.8) is 0 Å². The van der Waals surface area contributed by atoms with Crippen LogP contribution in [0, 0.1) is 0 Å². The number of methoxy groups -OCH3 is 1. The average Bonchev–Trinajstić information content (AvgIpc) is 2.90. The number of carbonyl (C=O) groups excluding carboxylic acids is 1. The van der Waals surface area contributed by atoms with E-state index in [2.05, 4.69) is 40.7 Å². The number of fused-ring (bicyclic) bond motifs is 3. The number of H-pyrrole nitrogens is 1. The summed E-state index contributed by atoms with van der Waals surface area (Å²) in [5.74, 6) is 0. The average molecular weight is 297 g/mol. The highest BCUT2D eigenvalue weighted by molar-refractivity contribution is 6.09. The molecule has 1 aromatic heterocycles. The van der Waals surface area contributed by atoms with E-state index in [1.807, 2.05) is 18.2 Å². The van der Waals surface area contributed by atoms with Gasteiger partial charge in [0.15, 0.2) is 0 Å². The summed E-state index contributed by atoms with van der Waals surface area (Å²) >= 11 is 0. The van der Waals surface area contributed by atoms with Crippen LogP contribution in [-0.2, 0) is 11.2 Å². The highest BCUT2D eigenvalue weighted by Crippen LogP contribution is 2.29. The van der Waals surface area contributed by atoms with Crippen molar-refractivity contribution < 1.29 is 9.53 Å². The fourth-order valence-corrected chi connectivity index (χ4v) is 2.67. The molecular weight excluding hydrogens is 278 g/mol. The first-order valence-corrected chi connectivity index (χ1v) is 7.30. The number of benzene rings is 2. The molecule has 0 saturated carbocycles. The molecule has 2 aromatic carbocycles. The highest BCUT2D eigenvalue weighted by atomic mass is 16.5. The van der Waals surface area contributed by atoms with Gasteiger partial charge in [-0.3, -0.25) is 0 Å². The minimum Gasteiger partial charge on any atom is -0.364 e. The Balaban J connectivity index is 1.96. The van der Waals surface area contributed by atoms with Crippen molar-refractivity contribution >= 4 is 33.5 Å². The van der Waals surface area contributed by atoms with E-state index in [0.717, 1.165) is 23.0 Å². The number of aromatic nitrogens is 1. The molecule has 0 radical (unpaired) electrons. The van der Waals surface area contributed by atoms with Crippen LogP contribution in [0.5, 0.6) is 0 Å². The maximum atomic E-state index is 11.7. The molecule has 3 rings (SSSR count). The largest absolute Gasteiger partial charge is 0.364 e. The summed E-state index contributed by atoms with van der Waals surface area (Å²) in [6, 6.07) is 11.9. The van der Waals surface area contributed by atoms with Crippen LogP contribution in [0.25, 0.3) is 21.8 Å². The summed E-state index contributed by atoms with van der Waals surface area (Å²) in [5.41, 5.74) is 4.22. The number of carbonyl (C=O) groups is 1. The molecule has 0 bridgehead atoms. The molecule has 0 saturated heterocycles. The monoisotopic (exact) mass is 297 g/mol. The Morgan fingerprint density at radius 1 is 1.23 bits per heavy atom. The van der Waals surface area contributed by atoms with E-state index in [1.54, 1.807) is 0 Å². The van der Waals surface area contributed by atoms with Gasteiger partial charge in [0.1, 0.15) is 6.73 Å². The lowest BCUT2D eigenvalue weighted by Crippen LogP contribution is -2.30. The van der Waals surface area contributed by atoms with E-state index in [1.165, 1.54) is 23.6 Å². The zero-order valence-corrected chi connectivity index (χ0v) is 12.7. The van der Waals surface area contributed by atoms with Gasteiger partial charge in [0, 0.05) is 34.6 Å². The zero-order valence-electron chi connectivity index (χ0n) is 12.7. The lowest BCUT2D eigenvalue weighted by molar-refractivity contribution is 0.177. The van der Waals surface area contributed by atoms with Gasteiger partial charge in [-0.25, -0.2) is 4.79 Å². The minimum absolute atomic E-state index is 0.181. The molecule has 5 nitrogen and oxygen atoms in total. The second-order valence-corrected chi connectivity index (χ2v) is 5.14. The predicted molar refractivity (Wildman–Crippen MR) is 89.2 cm³/mol. The lowest BCUT2D eigenvalue weighted by Gasteiger charge is -2.06. The van der Waals surface area contributed by atoms with Gasteiger partial charge in [-0.15, -0.1) is 0 Å². The molecule has 0 aliphatic rings. The van der Waals surface area contributed by atoms with E-state index in [9.17, 15) is 4.79 Å². The number of hydrogen-bond acceptors (Lipinski definition) is 2. The number of ether oxygens (including phenoxy) is 1. The van der Waals surface area contributed by atoms with Crippen molar-refractivity contribution in [2.24, 2.45) is 0 Å². The molecule has 114 valence electrons. The number of amides is 2. The third-order valence-corrected chi connectivity index (χ3v) is 3.74. The summed E-state index contributed by atoms with van der Waals surface area (Å²) in [7, 11) is 1.53. The van der Waals surface area contributed by atoms with Crippen molar-refractivity contribution in [2.45, 2.75) is 13.3 Å². The van der Waals surface area contributed by atoms with E-state index in [4.69, 9.17) is 4.74 Å². The standard InChI is InChI=1S/C17H19N3O2/c1-3-11-5-4-6-14-13-8-7-12(9-15(13)20-16(11)14)19-17(21)18-10-22-2/h4-9,20H,3,10H2,1-2H3,(H2,18,19,21). The Bertz CT molecular complexity index is 823. The lowest BCUT2D eigenvalue weighted by atomic mass is 10.1. The molecule has 0 spiro atoms. The maximum Gasteiger partial charge on any atom is 0.321 e. The van der Waals surface area contributed by atoms with Crippen molar-refractivity contribution in [3.8, 4) is 0 Å². The van der Waals surface area contributed by atoms with E-state index in [0.29, 0.717) is 0 Å². The van der Waals surface area contributed by atoms with Gasteiger partial charge >= 0.3 is 6.03 Å². The molecule has 0 fully saturated rings. The van der Waals surface area contributed by atoms with Crippen LogP contribution in [0.4, 0.5) is 10.5 Å². The normalized spacial score (nSPS) is 11.0. The van der Waals surface area contributed by atoms with E-state index < -0.39 is 0 Å². The molecule has 3 aromatic rings. The van der Waals surface area contributed by atoms with Crippen molar-refractivity contribution in [1.29, 1.82) is 0 Å². The number of anilines is 1. The summed E-state index contributed by atoms with van der Waals surface area (Å²) in [6.07, 6.45) is 0.981. The number of hydrogen-bond donors (Lipinski definition) is 3. The minimum atomic E-state index is -0.286. The first-order chi connectivity index (χ1) is 10.7. The number of aryl methyl sites for hydroxylation is 1. The molecule has 0 aliphatic heterocycles. The van der Waals surface area contributed by atoms with Crippen LogP contribution in [0.2, 0.25) is 0 Å². The molecule has 5 heteroatoms. The molecule has 22 heavy (non-hydrogen) atoms. The second-order valence-electron chi connectivity index (χ2n) is 5.14. The summed E-state index contributed by atoms with van der Waals surface area (Å²) in [6.45, 7) is 2.33. The topological polar surface area (TPSA) is 66.2 Å². The second kappa shape index (κ2) is 6.07. The van der Waals surface area contributed by atoms with Crippen molar-refractivity contribution in [2.75, 3.05) is 19.2 Å². The molecular formula is C17H19N3O2. The Morgan fingerprint density at radius 2 is 2.09 bits per heavy atom. The molecule has 2 amide bonds.